The number of aromatic amines is 1. The molecule has 0 fully saturated rings. The van der Waals surface area contributed by atoms with Gasteiger partial charge >= 0.3 is 0 Å². The van der Waals surface area contributed by atoms with Crippen molar-refractivity contribution in [3.63, 3.8) is 0 Å². The lowest BCUT2D eigenvalue weighted by atomic mass is 10.1. The van der Waals surface area contributed by atoms with Crippen molar-refractivity contribution in [3.05, 3.63) is 85.1 Å². The number of nitrogens with zero attached hydrogens (tertiary/aromatic N) is 2. The second-order valence-electron chi connectivity index (χ2n) is 6.64. The summed E-state index contributed by atoms with van der Waals surface area (Å²) in [5.74, 6) is 0. The van der Waals surface area contributed by atoms with E-state index in [4.69, 9.17) is 0 Å². The molecule has 0 unspecified atom stereocenters. The van der Waals surface area contributed by atoms with E-state index in [9.17, 15) is 8.42 Å². The molecule has 0 bridgehead atoms. The number of anilines is 1. The largest absolute Gasteiger partial charge is 0.280 e. The molecule has 0 atom stereocenters. The predicted molar refractivity (Wildman–Crippen MR) is 114 cm³/mol. The number of H-pyrrole nitrogens is 1. The Balaban J connectivity index is 1.58. The number of sulfonamides is 1. The molecular weight excluding hydrogens is 384 g/mol. The van der Waals surface area contributed by atoms with Crippen LogP contribution in [-0.4, -0.2) is 23.6 Å². The monoisotopic (exact) mass is 400 g/mol. The van der Waals surface area contributed by atoms with E-state index in [2.05, 4.69) is 19.9 Å². The van der Waals surface area contributed by atoms with Gasteiger partial charge in [-0.25, -0.2) is 8.42 Å². The number of nitrogens with one attached hydrogen (secondary N) is 2. The van der Waals surface area contributed by atoms with Gasteiger partial charge < -0.3 is 0 Å². The fraction of sp³-hybridized carbons (Fsp3) is 0. The van der Waals surface area contributed by atoms with Crippen molar-refractivity contribution in [1.29, 1.82) is 0 Å². The maximum atomic E-state index is 13.1. The molecule has 0 saturated carbocycles. The van der Waals surface area contributed by atoms with Gasteiger partial charge in [-0.05, 0) is 30.3 Å². The zero-order valence-electron chi connectivity index (χ0n) is 15.2. The van der Waals surface area contributed by atoms with Crippen LogP contribution in [0.1, 0.15) is 0 Å². The van der Waals surface area contributed by atoms with Crippen molar-refractivity contribution in [2.24, 2.45) is 0 Å². The van der Waals surface area contributed by atoms with Gasteiger partial charge in [-0.15, -0.1) is 0 Å². The highest BCUT2D eigenvalue weighted by molar-refractivity contribution is 7.93. The number of rotatable bonds is 4. The average molecular weight is 400 g/mol. The van der Waals surface area contributed by atoms with Gasteiger partial charge in [0.05, 0.1) is 16.7 Å². The summed E-state index contributed by atoms with van der Waals surface area (Å²) in [4.78, 5) is 4.39. The highest BCUT2D eigenvalue weighted by Crippen LogP contribution is 2.30. The van der Waals surface area contributed by atoms with Crippen LogP contribution in [0.2, 0.25) is 0 Å². The number of para-hydroxylation sites is 1. The van der Waals surface area contributed by atoms with Crippen molar-refractivity contribution in [3.8, 4) is 11.3 Å². The molecule has 3 aromatic carbocycles. The van der Waals surface area contributed by atoms with Crippen LogP contribution in [0, 0.1) is 0 Å². The lowest BCUT2D eigenvalue weighted by molar-refractivity contribution is 0.602. The molecule has 6 nitrogen and oxygen atoms in total. The molecule has 0 amide bonds. The minimum atomic E-state index is -3.81. The number of benzene rings is 3. The lowest BCUT2D eigenvalue weighted by Crippen LogP contribution is -2.13. The van der Waals surface area contributed by atoms with Crippen LogP contribution in [0.5, 0.6) is 0 Å². The van der Waals surface area contributed by atoms with Gasteiger partial charge in [0.2, 0.25) is 0 Å². The molecule has 2 aromatic heterocycles. The Labute approximate surface area is 167 Å². The molecule has 5 aromatic rings. The summed E-state index contributed by atoms with van der Waals surface area (Å²) < 4.78 is 28.8. The Hall–Kier alpha value is -3.71. The molecule has 0 spiro atoms. The maximum Gasteiger partial charge on any atom is 0.264 e. The molecule has 29 heavy (non-hydrogen) atoms. The van der Waals surface area contributed by atoms with Gasteiger partial charge in [0.15, 0.2) is 0 Å². The van der Waals surface area contributed by atoms with Crippen LogP contribution >= 0.6 is 0 Å². The summed E-state index contributed by atoms with van der Waals surface area (Å²) >= 11 is 0. The number of fused-ring (bicyclic) bond motifs is 2. The second kappa shape index (κ2) is 6.72. The number of pyridine rings is 1. The summed E-state index contributed by atoms with van der Waals surface area (Å²) in [5, 5.41) is 9.00. The third-order valence-corrected chi connectivity index (χ3v) is 6.16. The van der Waals surface area contributed by atoms with Gasteiger partial charge in [0, 0.05) is 28.2 Å². The molecule has 0 aliphatic carbocycles. The van der Waals surface area contributed by atoms with Crippen LogP contribution in [0.15, 0.2) is 90.0 Å². The first-order valence-electron chi connectivity index (χ1n) is 9.02. The Morgan fingerprint density at radius 2 is 1.69 bits per heavy atom. The van der Waals surface area contributed by atoms with Crippen molar-refractivity contribution in [2.45, 2.75) is 4.90 Å². The smallest absolute Gasteiger partial charge is 0.264 e. The normalized spacial score (nSPS) is 11.7. The molecule has 0 aliphatic rings. The van der Waals surface area contributed by atoms with E-state index in [0.717, 1.165) is 27.5 Å². The standard InChI is InChI=1S/C22H16N4O2S/c27-29(28,20-10-4-8-16-9-5-13-23-22(16)20)26-17-11-12-19-18(14-17)21(25-24-19)15-6-2-1-3-7-15/h1-14,26H,(H,24,25). The van der Waals surface area contributed by atoms with Crippen molar-refractivity contribution < 1.29 is 8.42 Å². The third-order valence-electron chi connectivity index (χ3n) is 4.75. The second-order valence-corrected chi connectivity index (χ2v) is 8.29. The van der Waals surface area contributed by atoms with Crippen molar-refractivity contribution in [2.75, 3.05) is 4.72 Å². The first kappa shape index (κ1) is 17.4. The first-order chi connectivity index (χ1) is 14.1. The molecule has 7 heteroatoms. The van der Waals surface area contributed by atoms with Crippen LogP contribution < -0.4 is 4.72 Å². The molecule has 0 radical (unpaired) electrons. The van der Waals surface area contributed by atoms with Gasteiger partial charge in [-0.2, -0.15) is 5.10 Å². The number of aromatic nitrogens is 3. The Morgan fingerprint density at radius 1 is 0.862 bits per heavy atom. The molecule has 2 N–H and O–H groups in total. The van der Waals surface area contributed by atoms with E-state index in [-0.39, 0.29) is 4.90 Å². The molecule has 5 rings (SSSR count). The van der Waals surface area contributed by atoms with E-state index in [0.29, 0.717) is 11.2 Å². The van der Waals surface area contributed by atoms with Crippen LogP contribution in [0.25, 0.3) is 33.1 Å². The summed E-state index contributed by atoms with van der Waals surface area (Å²) in [7, 11) is -3.81. The highest BCUT2D eigenvalue weighted by Gasteiger charge is 2.19. The quantitative estimate of drug-likeness (QED) is 0.462. The van der Waals surface area contributed by atoms with E-state index >= 15 is 0 Å². The van der Waals surface area contributed by atoms with Gasteiger partial charge in [0.1, 0.15) is 4.90 Å². The highest BCUT2D eigenvalue weighted by atomic mass is 32.2. The average Bonchev–Trinajstić information content (AvgIpc) is 3.17. The topological polar surface area (TPSA) is 87.7 Å². The predicted octanol–water partition coefficient (Wildman–Crippen LogP) is 4.58. The molecular formula is C22H16N4O2S. The van der Waals surface area contributed by atoms with Crippen molar-refractivity contribution >= 4 is 37.5 Å². The maximum absolute atomic E-state index is 13.1. The fourth-order valence-electron chi connectivity index (χ4n) is 3.40. The van der Waals surface area contributed by atoms with Crippen molar-refractivity contribution in [1.82, 2.24) is 15.2 Å². The SMILES string of the molecule is O=S(=O)(Nc1ccc2[nH]nc(-c3ccccc3)c2c1)c1cccc2cccnc12. The van der Waals surface area contributed by atoms with E-state index < -0.39 is 10.0 Å². The van der Waals surface area contributed by atoms with Crippen LogP contribution in [0.4, 0.5) is 5.69 Å². The zero-order chi connectivity index (χ0) is 19.8. The minimum Gasteiger partial charge on any atom is -0.280 e. The Kier molecular flexibility index (Phi) is 4.03. The van der Waals surface area contributed by atoms with E-state index in [1.807, 2.05) is 48.5 Å². The fourth-order valence-corrected chi connectivity index (χ4v) is 4.63. The molecule has 2 heterocycles. The van der Waals surface area contributed by atoms with Gasteiger partial charge in [0.25, 0.3) is 10.0 Å². The summed E-state index contributed by atoms with van der Waals surface area (Å²) in [6.45, 7) is 0. The Bertz CT molecular complexity index is 1440. The van der Waals surface area contributed by atoms with Gasteiger partial charge in [-0.3, -0.25) is 14.8 Å². The van der Waals surface area contributed by atoms with Crippen LogP contribution in [0.3, 0.4) is 0 Å². The minimum absolute atomic E-state index is 0.145. The van der Waals surface area contributed by atoms with Crippen LogP contribution in [-0.2, 0) is 10.0 Å². The molecule has 142 valence electrons. The number of hydrogen-bond acceptors (Lipinski definition) is 4. The Morgan fingerprint density at radius 3 is 2.55 bits per heavy atom. The summed E-state index contributed by atoms with van der Waals surface area (Å²) in [5.41, 5.74) is 3.46. The van der Waals surface area contributed by atoms with Gasteiger partial charge in [-0.1, -0.05) is 48.5 Å². The zero-order valence-corrected chi connectivity index (χ0v) is 16.0. The third kappa shape index (κ3) is 3.11. The lowest BCUT2D eigenvalue weighted by Gasteiger charge is -2.10. The molecule has 0 saturated heterocycles. The first-order valence-corrected chi connectivity index (χ1v) is 10.5. The number of hydrogen-bond donors (Lipinski definition) is 2. The van der Waals surface area contributed by atoms with E-state index in [1.165, 1.54) is 0 Å². The summed E-state index contributed by atoms with van der Waals surface area (Å²) in [6, 6.07) is 23.8. The summed E-state index contributed by atoms with van der Waals surface area (Å²) in [6.07, 6.45) is 1.59. The van der Waals surface area contributed by atoms with E-state index in [1.54, 1.807) is 36.5 Å². The molecule has 0 aliphatic heterocycles.